The van der Waals surface area contributed by atoms with E-state index >= 15 is 0 Å². The minimum absolute atomic E-state index is 0.0335. The Morgan fingerprint density at radius 1 is 1.42 bits per heavy atom. The number of phenolic OH excluding ortho intramolecular Hbond substituents is 1. The van der Waals surface area contributed by atoms with Crippen molar-refractivity contribution in [1.29, 1.82) is 0 Å². The van der Waals surface area contributed by atoms with Crippen LogP contribution in [0.2, 0.25) is 5.02 Å². The van der Waals surface area contributed by atoms with Gasteiger partial charge in [0.2, 0.25) is 0 Å². The van der Waals surface area contributed by atoms with E-state index in [-0.39, 0.29) is 22.0 Å². The highest BCUT2D eigenvalue weighted by molar-refractivity contribution is 7.84. The van der Waals surface area contributed by atoms with Gasteiger partial charge in [-0.1, -0.05) is 16.8 Å². The van der Waals surface area contributed by atoms with Crippen molar-refractivity contribution in [2.75, 3.05) is 6.26 Å². The van der Waals surface area contributed by atoms with Crippen LogP contribution >= 0.6 is 11.6 Å². The fourth-order valence-corrected chi connectivity index (χ4v) is 3.36. The van der Waals surface area contributed by atoms with E-state index in [9.17, 15) is 22.5 Å². The smallest absolute Gasteiger partial charge is 0.416 e. The Bertz CT molecular complexity index is 826. The van der Waals surface area contributed by atoms with Crippen LogP contribution in [-0.2, 0) is 17.0 Å². The quantitative estimate of drug-likeness (QED) is 0.486. The Kier molecular flexibility index (Phi) is 4.90. The van der Waals surface area contributed by atoms with Gasteiger partial charge in [0, 0.05) is 6.26 Å². The molecule has 1 aromatic carbocycles. The van der Waals surface area contributed by atoms with E-state index in [1.54, 1.807) is 0 Å². The normalized spacial score (nSPS) is 13.6. The summed E-state index contributed by atoms with van der Waals surface area (Å²) in [4.78, 5) is 0.197. The van der Waals surface area contributed by atoms with Crippen molar-refractivity contribution >= 4 is 28.6 Å². The molecule has 0 saturated heterocycles. The van der Waals surface area contributed by atoms with Crippen LogP contribution in [0.5, 0.6) is 5.75 Å². The molecule has 0 fully saturated rings. The monoisotopic (exact) mass is 381 g/mol. The number of aromatic hydroxyl groups is 1. The second-order valence-corrected chi connectivity index (χ2v) is 6.46. The van der Waals surface area contributed by atoms with E-state index in [0.29, 0.717) is 12.1 Å². The molecule has 6 nitrogen and oxygen atoms in total. The molecular formula is C13H11ClF3N3O3S. The molecule has 0 bridgehead atoms. The number of hydrogen-bond donors (Lipinski definition) is 2. The first-order valence-corrected chi connectivity index (χ1v) is 8.22. The predicted octanol–water partition coefficient (Wildman–Crippen LogP) is 3.10. The number of hydrogen-bond acceptors (Lipinski definition) is 5. The van der Waals surface area contributed by atoms with E-state index in [2.05, 4.69) is 10.3 Å². The molecule has 130 valence electrons. The zero-order valence-electron chi connectivity index (χ0n) is 12.3. The summed E-state index contributed by atoms with van der Waals surface area (Å²) in [7, 11) is -1.53. The van der Waals surface area contributed by atoms with Gasteiger partial charge < -0.3 is 10.3 Å². The number of oxime groups is 1. The summed E-state index contributed by atoms with van der Waals surface area (Å²) in [5.41, 5.74) is -1.02. The molecular weight excluding hydrogens is 371 g/mol. The Balaban J connectivity index is 2.74. The largest absolute Gasteiger partial charge is 0.506 e. The number of alkyl halides is 3. The lowest BCUT2D eigenvalue weighted by Crippen LogP contribution is -2.07. The number of rotatable bonds is 3. The minimum Gasteiger partial charge on any atom is -0.506 e. The SMILES string of the molecule is Cc1c(S(C)=O)c(/C=N/O)nn1-c1c(O)cc(C(F)(F)F)cc1Cl. The van der Waals surface area contributed by atoms with E-state index in [1.807, 2.05) is 0 Å². The van der Waals surface area contributed by atoms with Crippen molar-refractivity contribution in [2.24, 2.45) is 5.16 Å². The van der Waals surface area contributed by atoms with Crippen LogP contribution in [0.25, 0.3) is 5.69 Å². The molecule has 24 heavy (non-hydrogen) atoms. The lowest BCUT2D eigenvalue weighted by atomic mass is 10.1. The van der Waals surface area contributed by atoms with Gasteiger partial charge >= 0.3 is 6.18 Å². The second-order valence-electron chi connectivity index (χ2n) is 4.73. The molecule has 0 saturated carbocycles. The van der Waals surface area contributed by atoms with Crippen LogP contribution in [0.15, 0.2) is 22.2 Å². The van der Waals surface area contributed by atoms with E-state index in [0.717, 1.165) is 10.9 Å². The Hall–Kier alpha value is -2.07. The Morgan fingerprint density at radius 2 is 2.04 bits per heavy atom. The van der Waals surface area contributed by atoms with Gasteiger partial charge in [-0.25, -0.2) is 4.68 Å². The molecule has 1 unspecified atom stereocenters. The van der Waals surface area contributed by atoms with Gasteiger partial charge in [0.25, 0.3) is 0 Å². The maximum Gasteiger partial charge on any atom is 0.416 e. The Morgan fingerprint density at radius 3 is 2.50 bits per heavy atom. The van der Waals surface area contributed by atoms with Crippen molar-refractivity contribution in [2.45, 2.75) is 18.0 Å². The van der Waals surface area contributed by atoms with Crippen molar-refractivity contribution < 1.29 is 27.7 Å². The topological polar surface area (TPSA) is 87.7 Å². The lowest BCUT2D eigenvalue weighted by molar-refractivity contribution is -0.137. The summed E-state index contributed by atoms with van der Waals surface area (Å²) in [6, 6.07) is 1.17. The minimum atomic E-state index is -4.68. The van der Waals surface area contributed by atoms with Gasteiger partial charge in [-0.3, -0.25) is 4.21 Å². The summed E-state index contributed by atoms with van der Waals surface area (Å²) < 4.78 is 51.2. The van der Waals surface area contributed by atoms with Crippen molar-refractivity contribution in [3.63, 3.8) is 0 Å². The summed E-state index contributed by atoms with van der Waals surface area (Å²) in [6.45, 7) is 1.49. The van der Waals surface area contributed by atoms with Gasteiger partial charge in [-0.05, 0) is 19.1 Å². The van der Waals surface area contributed by atoms with Crippen LogP contribution in [0.1, 0.15) is 17.0 Å². The van der Waals surface area contributed by atoms with E-state index in [4.69, 9.17) is 16.8 Å². The van der Waals surface area contributed by atoms with Gasteiger partial charge in [-0.2, -0.15) is 18.3 Å². The van der Waals surface area contributed by atoms with Crippen molar-refractivity contribution in [3.8, 4) is 11.4 Å². The fraction of sp³-hybridized carbons (Fsp3) is 0.231. The molecule has 1 heterocycles. The molecule has 0 spiro atoms. The first kappa shape index (κ1) is 18.3. The summed E-state index contributed by atoms with van der Waals surface area (Å²) in [5.74, 6) is -0.749. The Labute approximate surface area is 141 Å². The molecule has 2 aromatic rings. The molecule has 1 aromatic heterocycles. The average molecular weight is 382 g/mol. The third-order valence-corrected chi connectivity index (χ3v) is 4.50. The maximum absolute atomic E-state index is 12.8. The predicted molar refractivity (Wildman–Crippen MR) is 81.7 cm³/mol. The van der Waals surface area contributed by atoms with Crippen LogP contribution in [0.4, 0.5) is 13.2 Å². The number of phenols is 1. The van der Waals surface area contributed by atoms with Crippen LogP contribution in [0, 0.1) is 6.92 Å². The van der Waals surface area contributed by atoms with Crippen LogP contribution < -0.4 is 0 Å². The highest BCUT2D eigenvalue weighted by atomic mass is 35.5. The van der Waals surface area contributed by atoms with Gasteiger partial charge in [0.05, 0.1) is 38.2 Å². The number of benzene rings is 1. The third-order valence-electron chi connectivity index (χ3n) is 3.14. The number of nitrogens with zero attached hydrogens (tertiary/aromatic N) is 3. The summed E-state index contributed by atoms with van der Waals surface area (Å²) in [6.07, 6.45) is -2.39. The molecule has 0 aliphatic heterocycles. The lowest BCUT2D eigenvalue weighted by Gasteiger charge is -2.13. The van der Waals surface area contributed by atoms with E-state index < -0.39 is 33.3 Å². The maximum atomic E-state index is 12.8. The first-order valence-electron chi connectivity index (χ1n) is 6.28. The molecule has 2 rings (SSSR count). The third kappa shape index (κ3) is 3.24. The van der Waals surface area contributed by atoms with Crippen molar-refractivity contribution in [3.05, 3.63) is 34.1 Å². The first-order chi connectivity index (χ1) is 11.1. The summed E-state index contributed by atoms with van der Waals surface area (Å²) in [5, 5.41) is 25.0. The zero-order chi connectivity index (χ0) is 18.2. The van der Waals surface area contributed by atoms with Crippen LogP contribution in [0.3, 0.4) is 0 Å². The molecule has 1 atom stereocenters. The highest BCUT2D eigenvalue weighted by Crippen LogP contribution is 2.39. The summed E-state index contributed by atoms with van der Waals surface area (Å²) >= 11 is 5.89. The second kappa shape index (κ2) is 6.44. The fourth-order valence-electron chi connectivity index (χ4n) is 2.18. The van der Waals surface area contributed by atoms with Crippen molar-refractivity contribution in [1.82, 2.24) is 9.78 Å². The molecule has 0 aliphatic rings. The zero-order valence-corrected chi connectivity index (χ0v) is 13.9. The number of halogens is 4. The number of aromatic nitrogens is 2. The molecule has 0 radical (unpaired) electrons. The standard InChI is InChI=1S/C13H11ClF3N3O3S/c1-6-12(24(2)23)9(5-18-22)19-20(6)11-8(14)3-7(4-10(11)21)13(15,16)17/h3-5,21-22H,1-2H3/b18-5+. The molecule has 11 heteroatoms. The average Bonchev–Trinajstić information content (AvgIpc) is 2.74. The molecule has 2 N–H and O–H groups in total. The van der Waals surface area contributed by atoms with Gasteiger partial charge in [0.15, 0.2) is 0 Å². The van der Waals surface area contributed by atoms with Gasteiger partial charge in [0.1, 0.15) is 17.1 Å². The van der Waals surface area contributed by atoms with E-state index in [1.165, 1.54) is 13.2 Å². The molecule has 0 amide bonds. The van der Waals surface area contributed by atoms with Crippen LogP contribution in [-0.4, -0.2) is 36.8 Å². The molecule has 0 aliphatic carbocycles. The highest BCUT2D eigenvalue weighted by Gasteiger charge is 2.33. The van der Waals surface area contributed by atoms with Gasteiger partial charge in [-0.15, -0.1) is 0 Å².